The quantitative estimate of drug-likeness (QED) is 0.203. The van der Waals surface area contributed by atoms with Crippen molar-refractivity contribution in [3.05, 3.63) is 95.0 Å². The lowest BCUT2D eigenvalue weighted by Crippen LogP contribution is -2.21. The minimum Gasteiger partial charge on any atom is -0.457 e. The van der Waals surface area contributed by atoms with Gasteiger partial charge >= 0.3 is 5.97 Å². The summed E-state index contributed by atoms with van der Waals surface area (Å²) in [7, 11) is 0. The molecule has 9 heteroatoms. The molecule has 0 radical (unpaired) electrons. The fourth-order valence-corrected chi connectivity index (χ4v) is 3.99. The minimum absolute atomic E-state index is 0.00354. The Morgan fingerprint density at radius 1 is 0.737 bits per heavy atom. The second-order valence-corrected chi connectivity index (χ2v) is 9.10. The molecule has 4 rings (SSSR count). The van der Waals surface area contributed by atoms with Crippen molar-refractivity contribution in [3.63, 3.8) is 0 Å². The van der Waals surface area contributed by atoms with Gasteiger partial charge in [0.15, 0.2) is 6.61 Å². The first kappa shape index (κ1) is 27.0. The summed E-state index contributed by atoms with van der Waals surface area (Å²) in [5.41, 5.74) is 0.934. The molecule has 0 bridgehead atoms. The molecule has 0 saturated carbocycles. The highest BCUT2D eigenvalue weighted by Gasteiger charge is 2.12. The van der Waals surface area contributed by atoms with Crippen LogP contribution >= 0.6 is 23.2 Å². The molecule has 0 fully saturated rings. The summed E-state index contributed by atoms with van der Waals surface area (Å²) in [4.78, 5) is 36.2. The summed E-state index contributed by atoms with van der Waals surface area (Å²) in [6.45, 7) is -0.471. The number of rotatable bonds is 10. The number of benzene rings is 4. The van der Waals surface area contributed by atoms with Crippen molar-refractivity contribution in [2.75, 3.05) is 17.2 Å². The largest absolute Gasteiger partial charge is 0.457 e. The van der Waals surface area contributed by atoms with Crippen LogP contribution in [0, 0.1) is 0 Å². The van der Waals surface area contributed by atoms with E-state index in [2.05, 4.69) is 10.6 Å². The van der Waals surface area contributed by atoms with E-state index in [0.717, 1.165) is 16.5 Å². The lowest BCUT2D eigenvalue weighted by Gasteiger charge is -2.10. The number of hydrogen-bond donors (Lipinski definition) is 2. The van der Waals surface area contributed by atoms with Gasteiger partial charge in [-0.2, -0.15) is 0 Å². The average molecular weight is 551 g/mol. The van der Waals surface area contributed by atoms with Crippen molar-refractivity contribution < 1.29 is 23.9 Å². The van der Waals surface area contributed by atoms with Gasteiger partial charge in [-0.15, -0.1) is 0 Å². The third kappa shape index (κ3) is 7.47. The Bertz CT molecular complexity index is 1450. The number of ether oxygens (including phenoxy) is 2. The molecular weight excluding hydrogens is 527 g/mol. The Hall–Kier alpha value is -4.07. The maximum Gasteiger partial charge on any atom is 0.306 e. The van der Waals surface area contributed by atoms with Gasteiger partial charge in [-0.25, -0.2) is 0 Å². The number of esters is 1. The van der Waals surface area contributed by atoms with Crippen LogP contribution in [0.4, 0.5) is 11.4 Å². The van der Waals surface area contributed by atoms with Crippen LogP contribution in [0.5, 0.6) is 11.5 Å². The minimum atomic E-state index is -0.583. The summed E-state index contributed by atoms with van der Waals surface area (Å²) in [5.74, 6) is 0.0170. The SMILES string of the molecule is O=C(CCCC(=O)OCC(=O)Nc1cccc(Cl)c1Cl)Nc1ccc(Oc2cccc3ccccc23)cc1. The van der Waals surface area contributed by atoms with Crippen molar-refractivity contribution in [1.82, 2.24) is 0 Å². The van der Waals surface area contributed by atoms with E-state index >= 15 is 0 Å². The van der Waals surface area contributed by atoms with Crippen LogP contribution < -0.4 is 15.4 Å². The molecule has 0 aromatic heterocycles. The van der Waals surface area contributed by atoms with Gasteiger partial charge in [-0.1, -0.05) is 65.7 Å². The monoisotopic (exact) mass is 550 g/mol. The van der Waals surface area contributed by atoms with Gasteiger partial charge in [-0.05, 0) is 54.3 Å². The third-order valence-electron chi connectivity index (χ3n) is 5.49. The normalized spacial score (nSPS) is 10.6. The van der Waals surface area contributed by atoms with Crippen LogP contribution in [0.1, 0.15) is 19.3 Å². The van der Waals surface area contributed by atoms with Crippen LogP contribution in [0.25, 0.3) is 10.8 Å². The van der Waals surface area contributed by atoms with Crippen LogP contribution in [0.15, 0.2) is 84.9 Å². The van der Waals surface area contributed by atoms with Gasteiger partial charge in [0.25, 0.3) is 5.91 Å². The van der Waals surface area contributed by atoms with E-state index < -0.39 is 18.5 Å². The second-order valence-electron chi connectivity index (χ2n) is 8.32. The van der Waals surface area contributed by atoms with E-state index in [4.69, 9.17) is 32.7 Å². The third-order valence-corrected chi connectivity index (χ3v) is 6.31. The topological polar surface area (TPSA) is 93.7 Å². The molecule has 0 aliphatic carbocycles. The Balaban J connectivity index is 1.17. The van der Waals surface area contributed by atoms with E-state index in [1.165, 1.54) is 0 Å². The maximum atomic E-state index is 12.3. The van der Waals surface area contributed by atoms with Gasteiger partial charge in [0.2, 0.25) is 5.91 Å². The van der Waals surface area contributed by atoms with Crippen molar-refractivity contribution in [3.8, 4) is 11.5 Å². The molecule has 2 amide bonds. The highest BCUT2D eigenvalue weighted by Crippen LogP contribution is 2.31. The molecule has 194 valence electrons. The van der Waals surface area contributed by atoms with E-state index in [1.54, 1.807) is 42.5 Å². The summed E-state index contributed by atoms with van der Waals surface area (Å²) in [6, 6.07) is 25.7. The molecule has 2 N–H and O–H groups in total. The number of halogens is 2. The molecule has 0 aliphatic rings. The van der Waals surface area contributed by atoms with Gasteiger partial charge in [0, 0.05) is 23.9 Å². The van der Waals surface area contributed by atoms with E-state index in [9.17, 15) is 14.4 Å². The second kappa shape index (κ2) is 12.9. The van der Waals surface area contributed by atoms with Crippen molar-refractivity contribution >= 4 is 63.1 Å². The summed E-state index contributed by atoms with van der Waals surface area (Å²) in [5, 5.41) is 7.91. The van der Waals surface area contributed by atoms with E-state index in [-0.39, 0.29) is 30.2 Å². The Labute approximate surface area is 229 Å². The fraction of sp³-hybridized carbons (Fsp3) is 0.138. The standard InChI is InChI=1S/C29H24Cl2N2O5/c30-23-9-4-10-24(29(23)31)33-27(35)18-37-28(36)13-5-12-26(34)32-20-14-16-21(17-15-20)38-25-11-3-7-19-6-1-2-8-22(19)25/h1-4,6-11,14-17H,5,12-13,18H2,(H,32,34)(H,33,35). The first-order valence-electron chi connectivity index (χ1n) is 11.8. The first-order chi connectivity index (χ1) is 18.4. The number of anilines is 2. The van der Waals surface area contributed by atoms with Gasteiger partial charge < -0.3 is 20.1 Å². The molecule has 0 spiro atoms. The average Bonchev–Trinajstić information content (AvgIpc) is 2.91. The molecule has 0 unspecified atom stereocenters. The number of hydrogen-bond acceptors (Lipinski definition) is 5. The van der Waals surface area contributed by atoms with E-state index in [0.29, 0.717) is 22.1 Å². The van der Waals surface area contributed by atoms with Gasteiger partial charge in [0.05, 0.1) is 15.7 Å². The molecule has 0 aliphatic heterocycles. The maximum absolute atomic E-state index is 12.3. The molecule has 0 atom stereocenters. The molecule has 0 heterocycles. The number of amides is 2. The van der Waals surface area contributed by atoms with Crippen LogP contribution in [-0.4, -0.2) is 24.4 Å². The first-order valence-corrected chi connectivity index (χ1v) is 12.6. The number of carbonyl (C=O) groups excluding carboxylic acids is 3. The molecule has 0 saturated heterocycles. The van der Waals surface area contributed by atoms with Crippen LogP contribution in [0.2, 0.25) is 10.0 Å². The highest BCUT2D eigenvalue weighted by atomic mass is 35.5. The molecule has 38 heavy (non-hydrogen) atoms. The lowest BCUT2D eigenvalue weighted by molar-refractivity contribution is -0.147. The molecular formula is C29H24Cl2N2O5. The predicted octanol–water partition coefficient (Wildman–Crippen LogP) is 7.23. The van der Waals surface area contributed by atoms with Crippen LogP contribution in [-0.2, 0) is 19.1 Å². The molecule has 4 aromatic carbocycles. The summed E-state index contributed by atoms with van der Waals surface area (Å²) < 4.78 is 11.0. The van der Waals surface area contributed by atoms with Crippen molar-refractivity contribution in [1.29, 1.82) is 0 Å². The van der Waals surface area contributed by atoms with Gasteiger partial charge in [-0.3, -0.25) is 14.4 Å². The predicted molar refractivity (Wildman–Crippen MR) is 149 cm³/mol. The number of nitrogens with one attached hydrogen (secondary N) is 2. The molecule has 7 nitrogen and oxygen atoms in total. The number of carbonyl (C=O) groups is 3. The Morgan fingerprint density at radius 2 is 1.47 bits per heavy atom. The fourth-order valence-electron chi connectivity index (χ4n) is 3.64. The zero-order chi connectivity index (χ0) is 26.9. The van der Waals surface area contributed by atoms with Crippen molar-refractivity contribution in [2.24, 2.45) is 0 Å². The summed E-state index contributed by atoms with van der Waals surface area (Å²) in [6.07, 6.45) is 0.388. The smallest absolute Gasteiger partial charge is 0.306 e. The highest BCUT2D eigenvalue weighted by molar-refractivity contribution is 6.44. The number of fused-ring (bicyclic) bond motifs is 1. The van der Waals surface area contributed by atoms with E-state index in [1.807, 2.05) is 42.5 Å². The lowest BCUT2D eigenvalue weighted by atomic mass is 10.1. The van der Waals surface area contributed by atoms with Crippen molar-refractivity contribution in [2.45, 2.75) is 19.3 Å². The zero-order valence-electron chi connectivity index (χ0n) is 20.2. The molecule has 4 aromatic rings. The Kier molecular flexibility index (Phi) is 9.19. The van der Waals surface area contributed by atoms with Gasteiger partial charge in [0.1, 0.15) is 11.5 Å². The summed E-state index contributed by atoms with van der Waals surface area (Å²) >= 11 is 11.9. The van der Waals surface area contributed by atoms with Crippen LogP contribution in [0.3, 0.4) is 0 Å². The Morgan fingerprint density at radius 3 is 2.29 bits per heavy atom. The zero-order valence-corrected chi connectivity index (χ0v) is 21.7.